The Hall–Kier alpha value is -4.43. The summed E-state index contributed by atoms with van der Waals surface area (Å²) in [5.41, 5.74) is 3.33. The third-order valence-corrected chi connectivity index (χ3v) is 5.73. The van der Waals surface area contributed by atoms with E-state index in [-0.39, 0.29) is 23.8 Å². The van der Waals surface area contributed by atoms with Crippen LogP contribution in [0.5, 0.6) is 5.75 Å². The lowest BCUT2D eigenvalue weighted by Crippen LogP contribution is -2.54. The zero-order chi connectivity index (χ0) is 25.8. The van der Waals surface area contributed by atoms with Crippen molar-refractivity contribution in [2.45, 2.75) is 13.8 Å². The van der Waals surface area contributed by atoms with Gasteiger partial charge in [0.25, 0.3) is 17.7 Å². The highest BCUT2D eigenvalue weighted by Crippen LogP contribution is 2.25. The van der Waals surface area contributed by atoms with Gasteiger partial charge in [0.2, 0.25) is 0 Å². The number of carbonyl (C=O) groups is 4. The first kappa shape index (κ1) is 24.7. The van der Waals surface area contributed by atoms with Crippen LogP contribution in [0.15, 0.2) is 72.3 Å². The highest BCUT2D eigenvalue weighted by atomic mass is 35.5. The van der Waals surface area contributed by atoms with Crippen molar-refractivity contribution in [3.8, 4) is 5.75 Å². The molecule has 182 valence electrons. The zero-order valence-electron chi connectivity index (χ0n) is 19.5. The van der Waals surface area contributed by atoms with Gasteiger partial charge in [-0.05, 0) is 79.1 Å². The van der Waals surface area contributed by atoms with Crippen LogP contribution < -0.4 is 20.3 Å². The summed E-state index contributed by atoms with van der Waals surface area (Å²) >= 11 is 5.99. The molecule has 0 unspecified atom stereocenters. The number of ether oxygens (including phenoxy) is 1. The fourth-order valence-electron chi connectivity index (χ4n) is 3.53. The second kappa shape index (κ2) is 10.5. The van der Waals surface area contributed by atoms with Crippen molar-refractivity contribution < 1.29 is 23.9 Å². The molecule has 4 rings (SSSR count). The topological polar surface area (TPSA) is 105 Å². The Bertz CT molecular complexity index is 1420. The molecule has 1 fully saturated rings. The van der Waals surface area contributed by atoms with E-state index >= 15 is 0 Å². The fraction of sp³-hybridized carbons (Fsp3) is 0.111. The standard InChI is InChI=1S/C27H22ClN3O5/c1-16-9-10-20(11-17(16)2)29-24(32)15-36-22-8-3-5-18(12-22)13-23-25(33)30-27(35)31(26(23)34)21-7-4-6-19(28)14-21/h3-14H,15H2,1-2H3,(H,29,32)(H,30,33,35)/b23-13+. The van der Waals surface area contributed by atoms with Gasteiger partial charge >= 0.3 is 6.03 Å². The van der Waals surface area contributed by atoms with Gasteiger partial charge < -0.3 is 10.1 Å². The number of anilines is 2. The summed E-state index contributed by atoms with van der Waals surface area (Å²) in [7, 11) is 0. The molecule has 0 aromatic heterocycles. The maximum absolute atomic E-state index is 13.0. The molecule has 1 aliphatic rings. The van der Waals surface area contributed by atoms with E-state index in [1.165, 1.54) is 18.2 Å². The minimum Gasteiger partial charge on any atom is -0.484 e. The average molecular weight is 504 g/mol. The molecule has 0 atom stereocenters. The van der Waals surface area contributed by atoms with Gasteiger partial charge in [-0.25, -0.2) is 9.69 Å². The van der Waals surface area contributed by atoms with E-state index in [2.05, 4.69) is 10.6 Å². The summed E-state index contributed by atoms with van der Waals surface area (Å²) in [6.07, 6.45) is 1.35. The van der Waals surface area contributed by atoms with Gasteiger partial charge in [0.15, 0.2) is 6.61 Å². The molecule has 1 heterocycles. The highest BCUT2D eigenvalue weighted by Gasteiger charge is 2.36. The fourth-order valence-corrected chi connectivity index (χ4v) is 3.72. The summed E-state index contributed by atoms with van der Waals surface area (Å²) in [4.78, 5) is 50.9. The maximum atomic E-state index is 13.0. The van der Waals surface area contributed by atoms with E-state index in [4.69, 9.17) is 16.3 Å². The van der Waals surface area contributed by atoms with E-state index in [9.17, 15) is 19.2 Å². The van der Waals surface area contributed by atoms with Crippen molar-refractivity contribution in [3.63, 3.8) is 0 Å². The van der Waals surface area contributed by atoms with Gasteiger partial charge in [0.1, 0.15) is 11.3 Å². The van der Waals surface area contributed by atoms with E-state index < -0.39 is 17.8 Å². The number of amides is 5. The van der Waals surface area contributed by atoms with Gasteiger partial charge in [0.05, 0.1) is 5.69 Å². The minimum absolute atomic E-state index is 0.232. The molecule has 0 aliphatic carbocycles. The van der Waals surface area contributed by atoms with Crippen molar-refractivity contribution in [2.75, 3.05) is 16.8 Å². The van der Waals surface area contributed by atoms with E-state index in [0.29, 0.717) is 22.0 Å². The predicted molar refractivity (Wildman–Crippen MR) is 137 cm³/mol. The summed E-state index contributed by atoms with van der Waals surface area (Å²) < 4.78 is 5.59. The van der Waals surface area contributed by atoms with Gasteiger partial charge in [-0.2, -0.15) is 0 Å². The number of barbiturate groups is 1. The van der Waals surface area contributed by atoms with Gasteiger partial charge in [0, 0.05) is 10.7 Å². The molecule has 0 bridgehead atoms. The number of hydrogen-bond acceptors (Lipinski definition) is 5. The number of imide groups is 2. The number of nitrogens with zero attached hydrogens (tertiary/aromatic N) is 1. The highest BCUT2D eigenvalue weighted by molar-refractivity contribution is 6.39. The van der Waals surface area contributed by atoms with Crippen LogP contribution in [0.3, 0.4) is 0 Å². The van der Waals surface area contributed by atoms with Crippen molar-refractivity contribution in [1.82, 2.24) is 5.32 Å². The molecule has 5 amide bonds. The Balaban J connectivity index is 1.48. The molecular weight excluding hydrogens is 482 g/mol. The monoisotopic (exact) mass is 503 g/mol. The Labute approximate surface area is 212 Å². The van der Waals surface area contributed by atoms with Crippen molar-refractivity contribution in [3.05, 3.63) is 94.0 Å². The van der Waals surface area contributed by atoms with Crippen LogP contribution >= 0.6 is 11.6 Å². The number of benzene rings is 3. The molecular formula is C27H22ClN3O5. The lowest BCUT2D eigenvalue weighted by Gasteiger charge is -2.26. The summed E-state index contributed by atoms with van der Waals surface area (Å²) in [6.45, 7) is 3.72. The second-order valence-corrected chi connectivity index (χ2v) is 8.58. The van der Waals surface area contributed by atoms with Crippen molar-refractivity contribution in [2.24, 2.45) is 0 Å². The minimum atomic E-state index is -0.865. The Kier molecular flexibility index (Phi) is 7.17. The largest absolute Gasteiger partial charge is 0.484 e. The number of aryl methyl sites for hydroxylation is 2. The van der Waals surface area contributed by atoms with Crippen LogP contribution in [0.4, 0.5) is 16.2 Å². The van der Waals surface area contributed by atoms with E-state index in [1.807, 2.05) is 32.0 Å². The van der Waals surface area contributed by atoms with Crippen LogP contribution in [-0.2, 0) is 14.4 Å². The summed E-state index contributed by atoms with van der Waals surface area (Å²) in [5, 5.41) is 5.28. The van der Waals surface area contributed by atoms with Crippen LogP contribution in [0, 0.1) is 13.8 Å². The maximum Gasteiger partial charge on any atom is 0.335 e. The second-order valence-electron chi connectivity index (χ2n) is 8.15. The molecule has 3 aromatic rings. The lowest BCUT2D eigenvalue weighted by molar-refractivity contribution is -0.122. The van der Waals surface area contributed by atoms with Gasteiger partial charge in [-0.1, -0.05) is 35.9 Å². The predicted octanol–water partition coefficient (Wildman–Crippen LogP) is 4.64. The number of rotatable bonds is 6. The third kappa shape index (κ3) is 5.61. The molecule has 1 aliphatic heterocycles. The van der Waals surface area contributed by atoms with Crippen LogP contribution in [0.25, 0.3) is 6.08 Å². The molecule has 2 N–H and O–H groups in total. The molecule has 36 heavy (non-hydrogen) atoms. The number of urea groups is 1. The van der Waals surface area contributed by atoms with Crippen molar-refractivity contribution >= 4 is 52.8 Å². The van der Waals surface area contributed by atoms with Crippen LogP contribution in [-0.4, -0.2) is 30.4 Å². The smallest absolute Gasteiger partial charge is 0.335 e. The Morgan fingerprint density at radius 3 is 2.53 bits per heavy atom. The SMILES string of the molecule is Cc1ccc(NC(=O)COc2cccc(/C=C3\C(=O)NC(=O)N(c4cccc(Cl)c4)C3=O)c2)cc1C. The normalized spacial score (nSPS) is 14.6. The molecule has 0 spiro atoms. The molecule has 3 aromatic carbocycles. The number of carbonyl (C=O) groups excluding carboxylic acids is 4. The van der Waals surface area contributed by atoms with Crippen molar-refractivity contribution in [1.29, 1.82) is 0 Å². The first-order chi connectivity index (χ1) is 17.2. The third-order valence-electron chi connectivity index (χ3n) is 5.50. The van der Waals surface area contributed by atoms with Crippen LogP contribution in [0.2, 0.25) is 5.02 Å². The quantitative estimate of drug-likeness (QED) is 0.376. The zero-order valence-corrected chi connectivity index (χ0v) is 20.3. The molecule has 0 radical (unpaired) electrons. The Morgan fingerprint density at radius 2 is 1.78 bits per heavy atom. The Morgan fingerprint density at radius 1 is 1.00 bits per heavy atom. The first-order valence-corrected chi connectivity index (χ1v) is 11.4. The van der Waals surface area contributed by atoms with Crippen LogP contribution in [0.1, 0.15) is 16.7 Å². The summed E-state index contributed by atoms with van der Waals surface area (Å²) in [5.74, 6) is -1.57. The molecule has 9 heteroatoms. The van der Waals surface area contributed by atoms with Gasteiger partial charge in [-0.15, -0.1) is 0 Å². The average Bonchev–Trinajstić information content (AvgIpc) is 2.83. The van der Waals surface area contributed by atoms with E-state index in [1.54, 1.807) is 36.4 Å². The first-order valence-electron chi connectivity index (χ1n) is 11.0. The number of nitrogens with one attached hydrogen (secondary N) is 2. The molecule has 1 saturated heterocycles. The molecule has 8 nitrogen and oxygen atoms in total. The molecule has 0 saturated carbocycles. The number of halogens is 1. The summed E-state index contributed by atoms with van der Waals surface area (Å²) in [6, 6.07) is 17.5. The van der Waals surface area contributed by atoms with E-state index in [0.717, 1.165) is 16.0 Å². The number of hydrogen-bond donors (Lipinski definition) is 2. The lowest BCUT2D eigenvalue weighted by atomic mass is 10.1. The van der Waals surface area contributed by atoms with Gasteiger partial charge in [-0.3, -0.25) is 19.7 Å².